The van der Waals surface area contributed by atoms with Gasteiger partial charge < -0.3 is 0 Å². The Labute approximate surface area is 165 Å². The van der Waals surface area contributed by atoms with Crippen molar-refractivity contribution in [1.29, 1.82) is 0 Å². The molecule has 11 heteroatoms. The van der Waals surface area contributed by atoms with E-state index in [1.165, 1.54) is 6.07 Å². The lowest BCUT2D eigenvalue weighted by Gasteiger charge is -2.34. The van der Waals surface area contributed by atoms with Gasteiger partial charge in [-0.05, 0) is 44.4 Å². The molecule has 0 bridgehead atoms. The normalized spacial score (nSPS) is 19.0. The second kappa shape index (κ2) is 7.32. The molecule has 0 fully saturated rings. The smallest absolute Gasteiger partial charge is 0.295 e. The quantitative estimate of drug-likeness (QED) is 0.589. The van der Waals surface area contributed by atoms with Gasteiger partial charge in [0.05, 0.1) is 15.9 Å². The van der Waals surface area contributed by atoms with Crippen LogP contribution >= 0.6 is 10.6 Å². The minimum Gasteiger partial charge on any atom is -0.295 e. The number of hydrogen-bond donors (Lipinski definition) is 4. The summed E-state index contributed by atoms with van der Waals surface area (Å²) >= 11 is 0. The van der Waals surface area contributed by atoms with Crippen molar-refractivity contribution in [1.82, 2.24) is 14.7 Å². The molecule has 1 aliphatic rings. The Kier molecular flexibility index (Phi) is 5.36. The zero-order chi connectivity index (χ0) is 20.7. The van der Waals surface area contributed by atoms with Crippen LogP contribution in [0.3, 0.4) is 0 Å². The van der Waals surface area contributed by atoms with E-state index in [2.05, 4.69) is 15.3 Å². The van der Waals surface area contributed by atoms with Crippen LogP contribution in [0.1, 0.15) is 29.4 Å². The zero-order valence-electron chi connectivity index (χ0n) is 15.6. The SMILES string of the molecule is Cc1cc(C)nc(NC(=O)NS(=O)(=O)Cc2cccc3c2S(O)(O)C(C)C3)n1. The van der Waals surface area contributed by atoms with E-state index in [0.717, 1.165) is 0 Å². The Balaban J connectivity index is 1.77. The first kappa shape index (κ1) is 20.5. The molecular weight excluding hydrogens is 404 g/mol. The van der Waals surface area contributed by atoms with Gasteiger partial charge in [-0.2, -0.15) is 10.6 Å². The number of hydrogen-bond acceptors (Lipinski definition) is 7. The van der Waals surface area contributed by atoms with Crippen molar-refractivity contribution in [2.75, 3.05) is 5.32 Å². The van der Waals surface area contributed by atoms with Crippen LogP contribution in [0.5, 0.6) is 0 Å². The van der Waals surface area contributed by atoms with Crippen molar-refractivity contribution in [3.8, 4) is 0 Å². The first-order valence-corrected chi connectivity index (χ1v) is 11.8. The third-order valence-electron chi connectivity index (χ3n) is 4.35. The van der Waals surface area contributed by atoms with Gasteiger partial charge in [0.25, 0.3) is 0 Å². The maximum Gasteiger partial charge on any atom is 0.335 e. The fraction of sp³-hybridized carbons (Fsp3) is 0.353. The Bertz CT molecular complexity index is 1020. The number of sulfonamides is 1. The molecule has 1 aliphatic heterocycles. The van der Waals surface area contributed by atoms with Gasteiger partial charge in [-0.15, -0.1) is 0 Å². The number of anilines is 1. The lowest BCUT2D eigenvalue weighted by Crippen LogP contribution is -2.36. The molecule has 1 aromatic heterocycles. The van der Waals surface area contributed by atoms with E-state index in [0.29, 0.717) is 23.4 Å². The standard InChI is InChI=1S/C17H22N4O5S2/c1-10-7-11(2)19-16(18-10)20-17(22)21-27(23,24)9-14-6-4-5-13-8-12(3)28(25,26)15(13)14/h4-7,12,25-26H,8-9H2,1-3H3,(H2,18,19,20,21,22). The van der Waals surface area contributed by atoms with Gasteiger partial charge in [0, 0.05) is 11.4 Å². The van der Waals surface area contributed by atoms with Gasteiger partial charge in [0.1, 0.15) is 0 Å². The molecule has 0 radical (unpaired) electrons. The van der Waals surface area contributed by atoms with Crippen LogP contribution in [-0.2, 0) is 22.2 Å². The summed E-state index contributed by atoms with van der Waals surface area (Å²) in [6, 6.07) is 5.67. The van der Waals surface area contributed by atoms with Crippen molar-refractivity contribution < 1.29 is 22.3 Å². The van der Waals surface area contributed by atoms with E-state index < -0.39 is 32.4 Å². The zero-order valence-corrected chi connectivity index (χ0v) is 17.3. The predicted molar refractivity (Wildman–Crippen MR) is 107 cm³/mol. The molecule has 0 saturated heterocycles. The van der Waals surface area contributed by atoms with Crippen LogP contribution in [0.25, 0.3) is 0 Å². The Morgan fingerprint density at radius 3 is 2.54 bits per heavy atom. The minimum atomic E-state index is -4.09. The third-order valence-corrected chi connectivity index (χ3v) is 7.95. The Morgan fingerprint density at radius 1 is 1.25 bits per heavy atom. The number of nitrogens with one attached hydrogen (secondary N) is 2. The molecule has 28 heavy (non-hydrogen) atoms. The number of nitrogens with zero attached hydrogens (tertiary/aromatic N) is 2. The van der Waals surface area contributed by atoms with Gasteiger partial charge in [-0.1, -0.05) is 18.2 Å². The highest BCUT2D eigenvalue weighted by Crippen LogP contribution is 2.61. The second-order valence-corrected chi connectivity index (χ2v) is 10.9. The average molecular weight is 427 g/mol. The first-order valence-electron chi connectivity index (χ1n) is 8.49. The number of amides is 2. The molecule has 1 atom stereocenters. The molecule has 152 valence electrons. The fourth-order valence-electron chi connectivity index (χ4n) is 3.22. The molecule has 2 heterocycles. The van der Waals surface area contributed by atoms with Crippen LogP contribution in [0.15, 0.2) is 29.2 Å². The summed E-state index contributed by atoms with van der Waals surface area (Å²) < 4.78 is 47.7. The topological polar surface area (TPSA) is 142 Å². The number of aromatic nitrogens is 2. The van der Waals surface area contributed by atoms with Gasteiger partial charge in [0.15, 0.2) is 0 Å². The maximum atomic E-state index is 12.5. The molecule has 2 aromatic rings. The second-order valence-electron chi connectivity index (χ2n) is 6.80. The number of benzene rings is 1. The molecule has 4 N–H and O–H groups in total. The van der Waals surface area contributed by atoms with Crippen LogP contribution in [0.2, 0.25) is 0 Å². The summed E-state index contributed by atoms with van der Waals surface area (Å²) in [5, 5.41) is 1.91. The van der Waals surface area contributed by atoms with Crippen molar-refractivity contribution in [2.24, 2.45) is 0 Å². The van der Waals surface area contributed by atoms with E-state index in [1.54, 1.807) is 39.0 Å². The van der Waals surface area contributed by atoms with Gasteiger partial charge in [0.2, 0.25) is 16.0 Å². The summed E-state index contributed by atoms with van der Waals surface area (Å²) in [4.78, 5) is 20.4. The number of urea groups is 1. The third kappa shape index (κ3) is 4.27. The summed E-state index contributed by atoms with van der Waals surface area (Å²) in [6.45, 7) is 5.16. The van der Waals surface area contributed by atoms with Crippen LogP contribution in [-0.4, -0.2) is 38.8 Å². The van der Waals surface area contributed by atoms with Gasteiger partial charge in [-0.25, -0.2) is 27.9 Å². The highest BCUT2D eigenvalue weighted by molar-refractivity contribution is 8.25. The van der Waals surface area contributed by atoms with E-state index >= 15 is 0 Å². The van der Waals surface area contributed by atoms with E-state index in [-0.39, 0.29) is 21.7 Å². The number of carbonyl (C=O) groups excluding carboxylic acids is 1. The van der Waals surface area contributed by atoms with Crippen LogP contribution in [0, 0.1) is 13.8 Å². The summed E-state index contributed by atoms with van der Waals surface area (Å²) in [7, 11) is -7.18. The Morgan fingerprint density at radius 2 is 1.89 bits per heavy atom. The highest BCUT2D eigenvalue weighted by atomic mass is 32.3. The predicted octanol–water partition coefficient (Wildman–Crippen LogP) is 2.80. The molecule has 3 rings (SSSR count). The minimum absolute atomic E-state index is 0.00574. The van der Waals surface area contributed by atoms with Crippen molar-refractivity contribution >= 4 is 32.6 Å². The van der Waals surface area contributed by atoms with E-state index in [4.69, 9.17) is 0 Å². The van der Waals surface area contributed by atoms with E-state index in [1.807, 2.05) is 4.72 Å². The highest BCUT2D eigenvalue weighted by Gasteiger charge is 2.36. The average Bonchev–Trinajstić information content (AvgIpc) is 2.75. The summed E-state index contributed by atoms with van der Waals surface area (Å²) in [5.74, 6) is -0.561. The summed E-state index contributed by atoms with van der Waals surface area (Å²) in [5.41, 5.74) is 2.24. The van der Waals surface area contributed by atoms with E-state index in [9.17, 15) is 22.3 Å². The van der Waals surface area contributed by atoms with Crippen molar-refractivity contribution in [3.05, 3.63) is 46.8 Å². The maximum absolute atomic E-state index is 12.5. The fourth-order valence-corrected chi connectivity index (χ4v) is 6.24. The monoisotopic (exact) mass is 426 g/mol. The van der Waals surface area contributed by atoms with Gasteiger partial charge >= 0.3 is 6.03 Å². The molecule has 0 spiro atoms. The number of rotatable bonds is 4. The molecule has 0 saturated carbocycles. The summed E-state index contributed by atoms with van der Waals surface area (Å²) in [6.07, 6.45) is 0.462. The first-order chi connectivity index (χ1) is 13.0. The van der Waals surface area contributed by atoms with Crippen LogP contribution in [0.4, 0.5) is 10.7 Å². The Hall–Kier alpha value is -2.21. The molecule has 1 aromatic carbocycles. The molecule has 2 amide bonds. The molecular formula is C17H22N4O5S2. The number of aryl methyl sites for hydroxylation is 2. The lowest BCUT2D eigenvalue weighted by atomic mass is 10.1. The molecule has 9 nitrogen and oxygen atoms in total. The van der Waals surface area contributed by atoms with Gasteiger partial charge in [-0.3, -0.25) is 14.4 Å². The van der Waals surface area contributed by atoms with Crippen LogP contribution < -0.4 is 10.0 Å². The van der Waals surface area contributed by atoms with Crippen molar-refractivity contribution in [3.63, 3.8) is 0 Å². The molecule has 1 unspecified atom stereocenters. The largest absolute Gasteiger partial charge is 0.335 e. The number of carbonyl (C=O) groups is 1. The molecule has 0 aliphatic carbocycles. The lowest BCUT2D eigenvalue weighted by molar-refractivity contribution is 0.256. The number of fused-ring (bicyclic) bond motifs is 1. The van der Waals surface area contributed by atoms with Crippen molar-refractivity contribution in [2.45, 2.75) is 43.1 Å².